The molecular formula is C11H11BrClF3S. The molecule has 1 aromatic carbocycles. The SMILES string of the molecule is CC(CCl)CSc1ccc(C(F)(F)F)cc1Br. The summed E-state index contributed by atoms with van der Waals surface area (Å²) in [6.07, 6.45) is -4.30. The van der Waals surface area contributed by atoms with Crippen molar-refractivity contribution >= 4 is 39.3 Å². The van der Waals surface area contributed by atoms with Gasteiger partial charge in [-0.1, -0.05) is 6.92 Å². The minimum absolute atomic E-state index is 0.329. The first kappa shape index (κ1) is 15.2. The fourth-order valence-corrected chi connectivity index (χ4v) is 2.97. The van der Waals surface area contributed by atoms with Gasteiger partial charge in [0.25, 0.3) is 0 Å². The van der Waals surface area contributed by atoms with Gasteiger partial charge in [0.15, 0.2) is 0 Å². The van der Waals surface area contributed by atoms with Crippen LogP contribution in [0.25, 0.3) is 0 Å². The second-order valence-electron chi connectivity index (χ2n) is 3.71. The lowest BCUT2D eigenvalue weighted by atomic mass is 10.2. The topological polar surface area (TPSA) is 0 Å². The molecule has 0 saturated carbocycles. The number of benzene rings is 1. The third-order valence-corrected chi connectivity index (χ3v) is 4.89. The largest absolute Gasteiger partial charge is 0.416 e. The van der Waals surface area contributed by atoms with Gasteiger partial charge >= 0.3 is 6.18 Å². The standard InChI is InChI=1S/C11H11BrClF3S/c1-7(5-13)6-17-10-3-2-8(4-9(10)12)11(14,15)16/h2-4,7H,5-6H2,1H3. The summed E-state index contributed by atoms with van der Waals surface area (Å²) in [6, 6.07) is 3.69. The molecule has 1 atom stereocenters. The van der Waals surface area contributed by atoms with E-state index < -0.39 is 11.7 Å². The molecule has 1 unspecified atom stereocenters. The van der Waals surface area contributed by atoms with Crippen molar-refractivity contribution in [1.82, 2.24) is 0 Å². The predicted octanol–water partition coefficient (Wildman–Crippen LogP) is 5.43. The molecule has 1 aromatic rings. The van der Waals surface area contributed by atoms with E-state index in [0.29, 0.717) is 16.3 Å². The number of hydrogen-bond donors (Lipinski definition) is 0. The summed E-state index contributed by atoms with van der Waals surface area (Å²) in [4.78, 5) is 0.801. The molecule has 17 heavy (non-hydrogen) atoms. The van der Waals surface area contributed by atoms with Crippen molar-refractivity contribution in [2.45, 2.75) is 18.0 Å². The van der Waals surface area contributed by atoms with Crippen molar-refractivity contribution < 1.29 is 13.2 Å². The number of alkyl halides is 4. The first-order valence-electron chi connectivity index (χ1n) is 4.90. The minimum Gasteiger partial charge on any atom is -0.166 e. The Hall–Kier alpha value is 0.130. The van der Waals surface area contributed by atoms with E-state index >= 15 is 0 Å². The zero-order valence-corrected chi connectivity index (χ0v) is 12.2. The smallest absolute Gasteiger partial charge is 0.166 e. The van der Waals surface area contributed by atoms with Gasteiger partial charge in [0.05, 0.1) is 5.56 Å². The van der Waals surface area contributed by atoms with Gasteiger partial charge in [-0.3, -0.25) is 0 Å². The van der Waals surface area contributed by atoms with E-state index in [1.165, 1.54) is 17.8 Å². The third kappa shape index (κ3) is 4.72. The number of hydrogen-bond acceptors (Lipinski definition) is 1. The fourth-order valence-electron chi connectivity index (χ4n) is 1.07. The van der Waals surface area contributed by atoms with Crippen molar-refractivity contribution in [3.63, 3.8) is 0 Å². The minimum atomic E-state index is -4.30. The molecule has 0 spiro atoms. The second kappa shape index (κ2) is 6.34. The van der Waals surface area contributed by atoms with Gasteiger partial charge in [-0.2, -0.15) is 13.2 Å². The van der Waals surface area contributed by atoms with E-state index in [9.17, 15) is 13.2 Å². The van der Waals surface area contributed by atoms with Crippen molar-refractivity contribution in [3.8, 4) is 0 Å². The molecule has 0 aliphatic carbocycles. The monoisotopic (exact) mass is 346 g/mol. The first-order valence-corrected chi connectivity index (χ1v) is 7.21. The van der Waals surface area contributed by atoms with Crippen LogP contribution in [0.3, 0.4) is 0 Å². The normalized spacial score (nSPS) is 13.8. The van der Waals surface area contributed by atoms with Crippen LogP contribution in [0.15, 0.2) is 27.6 Å². The predicted molar refractivity (Wildman–Crippen MR) is 69.8 cm³/mol. The summed E-state index contributed by atoms with van der Waals surface area (Å²) in [5, 5.41) is 0. The maximum absolute atomic E-state index is 12.4. The molecule has 0 N–H and O–H groups in total. The van der Waals surface area contributed by atoms with Crippen LogP contribution in [0, 0.1) is 5.92 Å². The molecular weight excluding hydrogens is 337 g/mol. The van der Waals surface area contributed by atoms with Gasteiger partial charge in [0, 0.05) is 21.0 Å². The summed E-state index contributed by atoms with van der Waals surface area (Å²) < 4.78 is 37.7. The Morgan fingerprint density at radius 1 is 1.41 bits per heavy atom. The highest BCUT2D eigenvalue weighted by Crippen LogP contribution is 2.35. The van der Waals surface area contributed by atoms with Gasteiger partial charge in [-0.15, -0.1) is 23.4 Å². The van der Waals surface area contributed by atoms with Crippen LogP contribution >= 0.6 is 39.3 Å². The Labute approximate surface area is 116 Å². The molecule has 96 valence electrons. The highest BCUT2D eigenvalue weighted by molar-refractivity contribution is 9.10. The van der Waals surface area contributed by atoms with Gasteiger partial charge in [0.1, 0.15) is 0 Å². The van der Waals surface area contributed by atoms with Crippen LogP contribution in [0.4, 0.5) is 13.2 Å². The van der Waals surface area contributed by atoms with Crippen molar-refractivity contribution in [2.75, 3.05) is 11.6 Å². The maximum Gasteiger partial charge on any atom is 0.416 e. The van der Waals surface area contributed by atoms with Crippen molar-refractivity contribution in [2.24, 2.45) is 5.92 Å². The van der Waals surface area contributed by atoms with E-state index in [1.54, 1.807) is 0 Å². The van der Waals surface area contributed by atoms with Crippen LogP contribution in [0.5, 0.6) is 0 Å². The lowest BCUT2D eigenvalue weighted by molar-refractivity contribution is -0.137. The van der Waals surface area contributed by atoms with Crippen LogP contribution in [-0.4, -0.2) is 11.6 Å². The van der Waals surface area contributed by atoms with E-state index in [0.717, 1.165) is 22.8 Å². The summed E-state index contributed by atoms with van der Waals surface area (Å²) in [6.45, 7) is 2.00. The Morgan fingerprint density at radius 2 is 2.06 bits per heavy atom. The molecule has 0 heterocycles. The van der Waals surface area contributed by atoms with Crippen molar-refractivity contribution in [3.05, 3.63) is 28.2 Å². The third-order valence-electron chi connectivity index (χ3n) is 2.05. The molecule has 1 rings (SSSR count). The van der Waals surface area contributed by atoms with E-state index in [4.69, 9.17) is 11.6 Å². The molecule has 0 bridgehead atoms. The molecule has 6 heteroatoms. The van der Waals surface area contributed by atoms with Crippen LogP contribution in [0.2, 0.25) is 0 Å². The number of thioether (sulfide) groups is 1. The highest BCUT2D eigenvalue weighted by Gasteiger charge is 2.30. The van der Waals surface area contributed by atoms with Crippen molar-refractivity contribution in [1.29, 1.82) is 0 Å². The molecule has 0 aromatic heterocycles. The Morgan fingerprint density at radius 3 is 2.53 bits per heavy atom. The first-order chi connectivity index (χ1) is 7.84. The molecule has 0 nitrogen and oxygen atoms in total. The Bertz CT molecular complexity index is 381. The van der Waals surface area contributed by atoms with Gasteiger partial charge < -0.3 is 0 Å². The van der Waals surface area contributed by atoms with Gasteiger partial charge in [-0.25, -0.2) is 0 Å². The molecule has 0 aliphatic rings. The van der Waals surface area contributed by atoms with Gasteiger partial charge in [-0.05, 0) is 40.0 Å². The van der Waals surface area contributed by atoms with E-state index in [-0.39, 0.29) is 0 Å². The summed E-state index contributed by atoms with van der Waals surface area (Å²) >= 11 is 10.3. The second-order valence-corrected chi connectivity index (χ2v) is 5.94. The van der Waals surface area contributed by atoms with Crippen LogP contribution < -0.4 is 0 Å². The average molecular weight is 348 g/mol. The molecule has 0 amide bonds. The van der Waals surface area contributed by atoms with Gasteiger partial charge in [0.2, 0.25) is 0 Å². The van der Waals surface area contributed by atoms with E-state index in [1.807, 2.05) is 6.92 Å². The number of rotatable bonds is 4. The Kier molecular flexibility index (Phi) is 5.67. The highest BCUT2D eigenvalue weighted by atomic mass is 79.9. The van der Waals surface area contributed by atoms with Crippen LogP contribution in [0.1, 0.15) is 12.5 Å². The summed E-state index contributed by atoms with van der Waals surface area (Å²) in [5.41, 5.74) is -0.640. The molecule has 0 aliphatic heterocycles. The maximum atomic E-state index is 12.4. The average Bonchev–Trinajstić information content (AvgIpc) is 2.25. The summed E-state index contributed by atoms with van der Waals surface area (Å²) in [5.74, 6) is 1.66. The Balaban J connectivity index is 2.77. The molecule has 0 fully saturated rings. The quantitative estimate of drug-likeness (QED) is 0.516. The molecule has 0 saturated heterocycles. The zero-order valence-electron chi connectivity index (χ0n) is 9.02. The lowest BCUT2D eigenvalue weighted by Gasteiger charge is -2.11. The fraction of sp³-hybridized carbons (Fsp3) is 0.455. The van der Waals surface area contributed by atoms with E-state index in [2.05, 4.69) is 15.9 Å². The summed E-state index contributed by atoms with van der Waals surface area (Å²) in [7, 11) is 0. The molecule has 0 radical (unpaired) electrons. The lowest BCUT2D eigenvalue weighted by Crippen LogP contribution is -2.05. The zero-order chi connectivity index (χ0) is 13.1. The van der Waals surface area contributed by atoms with Crippen LogP contribution in [-0.2, 0) is 6.18 Å². The number of halogens is 5.